The summed E-state index contributed by atoms with van der Waals surface area (Å²) in [4.78, 5) is 32.8. The lowest BCUT2D eigenvalue weighted by atomic mass is 10.2. The molecule has 1 aliphatic rings. The molecule has 174 valence electrons. The van der Waals surface area contributed by atoms with E-state index in [0.29, 0.717) is 42.0 Å². The third-order valence-corrected chi connectivity index (χ3v) is 6.21. The van der Waals surface area contributed by atoms with Gasteiger partial charge in [0.2, 0.25) is 11.8 Å². The maximum atomic E-state index is 13.3. The minimum Gasteiger partial charge on any atom is -0.335 e. The molecule has 9 nitrogen and oxygen atoms in total. The van der Waals surface area contributed by atoms with E-state index in [-0.39, 0.29) is 30.5 Å². The van der Waals surface area contributed by atoms with Crippen LogP contribution in [0, 0.1) is 17.1 Å². The second kappa shape index (κ2) is 10.9. The quantitative estimate of drug-likeness (QED) is 0.434. The smallest absolute Gasteiger partial charge is 0.237 e. The Morgan fingerprint density at radius 2 is 2.03 bits per heavy atom. The lowest BCUT2D eigenvalue weighted by Gasteiger charge is -2.21. The molecule has 1 saturated heterocycles. The van der Waals surface area contributed by atoms with Crippen molar-refractivity contribution in [3.63, 3.8) is 0 Å². The number of aromatic nitrogens is 4. The molecule has 0 radical (unpaired) electrons. The molecule has 3 heterocycles. The topological polar surface area (TPSA) is 108 Å². The van der Waals surface area contributed by atoms with Gasteiger partial charge < -0.3 is 9.80 Å². The minimum atomic E-state index is -0.404. The zero-order chi connectivity index (χ0) is 23.9. The first-order chi connectivity index (χ1) is 16.6. The van der Waals surface area contributed by atoms with Crippen molar-refractivity contribution in [3.05, 3.63) is 60.3 Å². The third kappa shape index (κ3) is 5.40. The number of rotatable bonds is 9. The molecule has 0 spiro atoms. The Morgan fingerprint density at radius 3 is 2.71 bits per heavy atom. The van der Waals surface area contributed by atoms with E-state index in [9.17, 15) is 14.0 Å². The number of pyridine rings is 1. The summed E-state index contributed by atoms with van der Waals surface area (Å²) in [5.74, 6) is 0.591. The summed E-state index contributed by atoms with van der Waals surface area (Å²) in [6.45, 7) is 1.16. The molecule has 0 N–H and O–H groups in total. The molecule has 0 unspecified atom stereocenters. The Hall–Kier alpha value is -3.78. The molecular weight excluding hydrogens is 457 g/mol. The molecule has 4 rings (SSSR count). The molecular formula is C23H22FN7O2S. The lowest BCUT2D eigenvalue weighted by Crippen LogP contribution is -2.33. The number of carbonyl (C=O) groups is 2. The van der Waals surface area contributed by atoms with Crippen LogP contribution < -0.4 is 4.90 Å². The molecule has 0 aliphatic carbocycles. The van der Waals surface area contributed by atoms with Gasteiger partial charge in [-0.2, -0.15) is 5.26 Å². The van der Waals surface area contributed by atoms with Gasteiger partial charge in [0.05, 0.1) is 24.8 Å². The van der Waals surface area contributed by atoms with E-state index in [4.69, 9.17) is 5.26 Å². The van der Waals surface area contributed by atoms with E-state index in [1.54, 1.807) is 21.7 Å². The van der Waals surface area contributed by atoms with Crippen molar-refractivity contribution < 1.29 is 14.0 Å². The summed E-state index contributed by atoms with van der Waals surface area (Å²) in [7, 11) is 0. The zero-order valence-electron chi connectivity index (χ0n) is 18.3. The summed E-state index contributed by atoms with van der Waals surface area (Å²) in [5, 5.41) is 18.0. The minimum absolute atomic E-state index is 0.0242. The molecule has 1 aromatic carbocycles. The van der Waals surface area contributed by atoms with E-state index in [1.165, 1.54) is 40.9 Å². The number of nitrogens with zero attached hydrogens (tertiary/aromatic N) is 7. The first-order valence-corrected chi connectivity index (χ1v) is 11.7. The van der Waals surface area contributed by atoms with Crippen LogP contribution in [-0.4, -0.2) is 55.3 Å². The molecule has 0 saturated carbocycles. The summed E-state index contributed by atoms with van der Waals surface area (Å²) in [6.07, 6.45) is 3.13. The number of anilines is 1. The van der Waals surface area contributed by atoms with Gasteiger partial charge in [0.25, 0.3) is 0 Å². The van der Waals surface area contributed by atoms with Crippen LogP contribution in [0.4, 0.5) is 10.1 Å². The number of benzene rings is 1. The van der Waals surface area contributed by atoms with Crippen LogP contribution in [0.1, 0.15) is 25.1 Å². The second-order valence-corrected chi connectivity index (χ2v) is 8.50. The highest BCUT2D eigenvalue weighted by molar-refractivity contribution is 7.99. The van der Waals surface area contributed by atoms with Gasteiger partial charge in [-0.1, -0.05) is 17.8 Å². The Kier molecular flexibility index (Phi) is 7.49. The molecule has 3 aromatic rings. The number of nitriles is 1. The first-order valence-electron chi connectivity index (χ1n) is 10.8. The monoisotopic (exact) mass is 479 g/mol. The van der Waals surface area contributed by atoms with Crippen LogP contribution >= 0.6 is 11.8 Å². The van der Waals surface area contributed by atoms with E-state index in [1.807, 2.05) is 18.2 Å². The van der Waals surface area contributed by atoms with Gasteiger partial charge >= 0.3 is 0 Å². The van der Waals surface area contributed by atoms with Crippen LogP contribution in [-0.2, 0) is 16.1 Å². The molecule has 34 heavy (non-hydrogen) atoms. The SMILES string of the molecule is N#CCCN(C(=O)CSc1nnc(CN2CCCC2=O)n1-c1ccccn1)c1ccc(F)cc1. The number of carbonyl (C=O) groups excluding carboxylic acids is 2. The Morgan fingerprint density at radius 1 is 1.21 bits per heavy atom. The Balaban J connectivity index is 1.55. The van der Waals surface area contributed by atoms with Gasteiger partial charge in [-0.15, -0.1) is 10.2 Å². The molecule has 1 aliphatic heterocycles. The highest BCUT2D eigenvalue weighted by Crippen LogP contribution is 2.24. The van der Waals surface area contributed by atoms with Crippen LogP contribution in [0.2, 0.25) is 0 Å². The highest BCUT2D eigenvalue weighted by Gasteiger charge is 2.25. The largest absolute Gasteiger partial charge is 0.335 e. The van der Waals surface area contributed by atoms with E-state index in [0.717, 1.165) is 6.42 Å². The fourth-order valence-electron chi connectivity index (χ4n) is 3.64. The maximum absolute atomic E-state index is 13.3. The van der Waals surface area contributed by atoms with Crippen LogP contribution in [0.15, 0.2) is 53.8 Å². The molecule has 11 heteroatoms. The summed E-state index contributed by atoms with van der Waals surface area (Å²) < 4.78 is 15.1. The second-order valence-electron chi connectivity index (χ2n) is 7.56. The summed E-state index contributed by atoms with van der Waals surface area (Å²) >= 11 is 1.19. The number of hydrogen-bond donors (Lipinski definition) is 0. The first kappa shape index (κ1) is 23.4. The van der Waals surface area contributed by atoms with Crippen LogP contribution in [0.25, 0.3) is 5.82 Å². The Bertz CT molecular complexity index is 1190. The zero-order valence-corrected chi connectivity index (χ0v) is 19.1. The van der Waals surface area contributed by atoms with Gasteiger partial charge in [-0.3, -0.25) is 14.2 Å². The van der Waals surface area contributed by atoms with Crippen molar-refractivity contribution in [3.8, 4) is 11.9 Å². The standard InChI is InChI=1S/C23H22FN7O2S/c24-17-7-9-18(10-8-17)30(14-4-11-25)22(33)16-34-23-28-27-20(15-29-13-3-6-21(29)32)31(23)19-5-1-2-12-26-19/h1-2,5,7-10,12H,3-4,6,13-16H2. The van der Waals surface area contributed by atoms with Crippen molar-refractivity contribution in [2.75, 3.05) is 23.7 Å². The normalized spacial score (nSPS) is 13.2. The number of halogens is 1. The fourth-order valence-corrected chi connectivity index (χ4v) is 4.47. The van der Waals surface area contributed by atoms with Gasteiger partial charge in [0.1, 0.15) is 11.6 Å². The predicted octanol–water partition coefficient (Wildman–Crippen LogP) is 2.96. The average molecular weight is 480 g/mol. The van der Waals surface area contributed by atoms with Crippen LogP contribution in [0.5, 0.6) is 0 Å². The number of hydrogen-bond acceptors (Lipinski definition) is 7. The number of thioether (sulfide) groups is 1. The van der Waals surface area contributed by atoms with Crippen molar-refractivity contribution in [1.29, 1.82) is 5.26 Å². The van der Waals surface area contributed by atoms with Gasteiger partial charge in [-0.05, 0) is 42.8 Å². The van der Waals surface area contributed by atoms with Gasteiger partial charge in [0, 0.05) is 31.4 Å². The Labute approximate surface area is 200 Å². The van der Waals surface area contributed by atoms with Gasteiger partial charge in [-0.25, -0.2) is 9.37 Å². The lowest BCUT2D eigenvalue weighted by molar-refractivity contribution is -0.128. The van der Waals surface area contributed by atoms with Crippen LogP contribution in [0.3, 0.4) is 0 Å². The molecule has 0 bridgehead atoms. The van der Waals surface area contributed by atoms with E-state index in [2.05, 4.69) is 15.2 Å². The molecule has 2 amide bonds. The summed E-state index contributed by atoms with van der Waals surface area (Å²) in [5.41, 5.74) is 0.515. The number of likely N-dealkylation sites (tertiary alicyclic amines) is 1. The molecule has 1 fully saturated rings. The molecule has 0 atom stereocenters. The van der Waals surface area contributed by atoms with E-state index < -0.39 is 5.82 Å². The number of amides is 2. The third-order valence-electron chi connectivity index (χ3n) is 5.29. The van der Waals surface area contributed by atoms with E-state index >= 15 is 0 Å². The highest BCUT2D eigenvalue weighted by atomic mass is 32.2. The molecule has 2 aromatic heterocycles. The van der Waals surface area contributed by atoms with Crippen molar-refractivity contribution in [2.45, 2.75) is 31.0 Å². The van der Waals surface area contributed by atoms with Crippen molar-refractivity contribution in [1.82, 2.24) is 24.6 Å². The fraction of sp³-hybridized carbons (Fsp3) is 0.304. The predicted molar refractivity (Wildman–Crippen MR) is 124 cm³/mol. The maximum Gasteiger partial charge on any atom is 0.237 e. The average Bonchev–Trinajstić information content (AvgIpc) is 3.45. The summed E-state index contributed by atoms with van der Waals surface area (Å²) in [6, 6.07) is 13.1. The van der Waals surface area contributed by atoms with Gasteiger partial charge in [0.15, 0.2) is 11.0 Å². The van der Waals surface area contributed by atoms with Crippen molar-refractivity contribution in [2.24, 2.45) is 0 Å². The van der Waals surface area contributed by atoms with Crippen molar-refractivity contribution >= 4 is 29.3 Å².